The molecule has 4 heteroatoms. The summed E-state index contributed by atoms with van der Waals surface area (Å²) in [6.45, 7) is 2.05. The summed E-state index contributed by atoms with van der Waals surface area (Å²) < 4.78 is 1.05. The normalized spacial score (nSPS) is 13.1. The van der Waals surface area contributed by atoms with Gasteiger partial charge in [0.25, 0.3) is 0 Å². The lowest BCUT2D eigenvalue weighted by Crippen LogP contribution is -1.93. The van der Waals surface area contributed by atoms with Gasteiger partial charge in [0, 0.05) is 9.75 Å². The molecular formula is C10H9BrOS2. The number of rotatable bonds is 2. The van der Waals surface area contributed by atoms with Crippen molar-refractivity contribution in [2.75, 3.05) is 0 Å². The molecule has 2 rings (SSSR count). The van der Waals surface area contributed by atoms with E-state index in [0.29, 0.717) is 0 Å². The molecule has 0 saturated carbocycles. The topological polar surface area (TPSA) is 20.2 Å². The maximum atomic E-state index is 10.0. The highest BCUT2D eigenvalue weighted by molar-refractivity contribution is 9.11. The standard InChI is InChI=1S/C10H9BrOS2/c1-6-4-7(5-13-6)10(12)8-2-3-9(11)14-8/h2-5,10,12H,1H3. The molecule has 2 heterocycles. The molecule has 0 saturated heterocycles. The molecule has 1 atom stereocenters. The summed E-state index contributed by atoms with van der Waals surface area (Å²) in [5.41, 5.74) is 0.988. The molecule has 14 heavy (non-hydrogen) atoms. The van der Waals surface area contributed by atoms with Crippen molar-refractivity contribution in [2.45, 2.75) is 13.0 Å². The first kappa shape index (κ1) is 10.4. The Morgan fingerprint density at radius 2 is 2.21 bits per heavy atom. The minimum absolute atomic E-state index is 0.476. The van der Waals surface area contributed by atoms with Gasteiger partial charge in [0.2, 0.25) is 0 Å². The third kappa shape index (κ3) is 2.08. The van der Waals surface area contributed by atoms with Gasteiger partial charge < -0.3 is 5.11 Å². The number of hydrogen-bond donors (Lipinski definition) is 1. The van der Waals surface area contributed by atoms with Crippen molar-refractivity contribution in [3.8, 4) is 0 Å². The third-order valence-electron chi connectivity index (χ3n) is 1.93. The van der Waals surface area contributed by atoms with Gasteiger partial charge in [-0.25, -0.2) is 0 Å². The zero-order valence-electron chi connectivity index (χ0n) is 7.53. The van der Waals surface area contributed by atoms with E-state index in [0.717, 1.165) is 14.2 Å². The first-order chi connectivity index (χ1) is 6.66. The Hall–Kier alpha value is -0.160. The van der Waals surface area contributed by atoms with Crippen LogP contribution in [0.5, 0.6) is 0 Å². The van der Waals surface area contributed by atoms with Gasteiger partial charge >= 0.3 is 0 Å². The molecule has 1 N–H and O–H groups in total. The van der Waals surface area contributed by atoms with Gasteiger partial charge in [-0.2, -0.15) is 0 Å². The summed E-state index contributed by atoms with van der Waals surface area (Å²) in [5, 5.41) is 12.0. The summed E-state index contributed by atoms with van der Waals surface area (Å²) in [7, 11) is 0. The second kappa shape index (κ2) is 4.14. The van der Waals surface area contributed by atoms with Crippen molar-refractivity contribution in [3.63, 3.8) is 0 Å². The zero-order valence-corrected chi connectivity index (χ0v) is 10.7. The van der Waals surface area contributed by atoms with E-state index in [1.807, 2.05) is 30.5 Å². The van der Waals surface area contributed by atoms with E-state index < -0.39 is 6.10 Å². The lowest BCUT2D eigenvalue weighted by atomic mass is 10.1. The number of halogens is 1. The molecule has 0 aliphatic carbocycles. The van der Waals surface area contributed by atoms with Crippen LogP contribution in [0.1, 0.15) is 21.4 Å². The number of thiophene rings is 2. The van der Waals surface area contributed by atoms with E-state index in [9.17, 15) is 5.11 Å². The van der Waals surface area contributed by atoms with Crippen LogP contribution >= 0.6 is 38.6 Å². The molecular weight excluding hydrogens is 280 g/mol. The molecule has 0 fully saturated rings. The molecule has 1 nitrogen and oxygen atoms in total. The van der Waals surface area contributed by atoms with E-state index in [-0.39, 0.29) is 0 Å². The van der Waals surface area contributed by atoms with Crippen molar-refractivity contribution in [1.82, 2.24) is 0 Å². The minimum atomic E-state index is -0.476. The van der Waals surface area contributed by atoms with Crippen molar-refractivity contribution >= 4 is 38.6 Å². The monoisotopic (exact) mass is 288 g/mol. The number of aliphatic hydroxyl groups excluding tert-OH is 1. The Morgan fingerprint density at radius 3 is 2.71 bits per heavy atom. The van der Waals surface area contributed by atoms with Crippen molar-refractivity contribution in [1.29, 1.82) is 0 Å². The van der Waals surface area contributed by atoms with E-state index in [1.165, 1.54) is 4.88 Å². The first-order valence-electron chi connectivity index (χ1n) is 4.15. The summed E-state index contributed by atoms with van der Waals surface area (Å²) in [4.78, 5) is 2.21. The predicted octanol–water partition coefficient (Wildman–Crippen LogP) is 3.96. The second-order valence-corrected chi connectivity index (χ2v) is 6.65. The lowest BCUT2D eigenvalue weighted by molar-refractivity contribution is 0.224. The van der Waals surface area contributed by atoms with E-state index in [1.54, 1.807) is 22.7 Å². The van der Waals surface area contributed by atoms with Crippen molar-refractivity contribution in [3.05, 3.63) is 42.7 Å². The van der Waals surface area contributed by atoms with Crippen molar-refractivity contribution < 1.29 is 5.11 Å². The van der Waals surface area contributed by atoms with E-state index in [4.69, 9.17) is 0 Å². The smallest absolute Gasteiger partial charge is 0.114 e. The molecule has 0 spiro atoms. The van der Waals surface area contributed by atoms with Crippen LogP contribution in [-0.4, -0.2) is 5.11 Å². The van der Waals surface area contributed by atoms with Crippen LogP contribution in [0.2, 0.25) is 0 Å². The van der Waals surface area contributed by atoms with Gasteiger partial charge in [-0.15, -0.1) is 22.7 Å². The van der Waals surface area contributed by atoms with Crippen LogP contribution in [0.4, 0.5) is 0 Å². The Balaban J connectivity index is 2.28. The molecule has 0 radical (unpaired) electrons. The molecule has 2 aromatic heterocycles. The first-order valence-corrected chi connectivity index (χ1v) is 6.64. The Labute approximate surface area is 99.2 Å². The summed E-state index contributed by atoms with van der Waals surface area (Å²) in [5.74, 6) is 0. The molecule has 0 bridgehead atoms. The van der Waals surface area contributed by atoms with Gasteiger partial charge in [0.1, 0.15) is 6.10 Å². The summed E-state index contributed by atoms with van der Waals surface area (Å²) >= 11 is 6.63. The van der Waals surface area contributed by atoms with Gasteiger partial charge in [-0.05, 0) is 52.0 Å². The van der Waals surface area contributed by atoms with Crippen LogP contribution in [-0.2, 0) is 0 Å². The fraction of sp³-hybridized carbons (Fsp3) is 0.200. The minimum Gasteiger partial charge on any atom is -0.383 e. The van der Waals surface area contributed by atoms with Crippen LogP contribution in [0.3, 0.4) is 0 Å². The summed E-state index contributed by atoms with van der Waals surface area (Å²) in [6, 6.07) is 5.94. The van der Waals surface area contributed by atoms with Gasteiger partial charge in [-0.3, -0.25) is 0 Å². The van der Waals surface area contributed by atoms with Gasteiger partial charge in [-0.1, -0.05) is 0 Å². The molecule has 0 aliphatic rings. The number of hydrogen-bond acceptors (Lipinski definition) is 3. The van der Waals surface area contributed by atoms with Gasteiger partial charge in [0.05, 0.1) is 3.79 Å². The zero-order chi connectivity index (χ0) is 10.1. The fourth-order valence-electron chi connectivity index (χ4n) is 1.25. The largest absolute Gasteiger partial charge is 0.383 e. The van der Waals surface area contributed by atoms with Gasteiger partial charge in [0.15, 0.2) is 0 Å². The Kier molecular flexibility index (Phi) is 3.07. The van der Waals surface area contributed by atoms with Crippen molar-refractivity contribution in [2.24, 2.45) is 0 Å². The molecule has 74 valence electrons. The highest BCUT2D eigenvalue weighted by atomic mass is 79.9. The second-order valence-electron chi connectivity index (χ2n) is 3.04. The molecule has 0 aromatic carbocycles. The Morgan fingerprint density at radius 1 is 1.43 bits per heavy atom. The third-order valence-corrected chi connectivity index (χ3v) is 4.49. The van der Waals surface area contributed by atoms with Crippen LogP contribution in [0, 0.1) is 6.92 Å². The maximum absolute atomic E-state index is 10.0. The maximum Gasteiger partial charge on any atom is 0.114 e. The SMILES string of the molecule is Cc1cc(C(O)c2ccc(Br)s2)cs1. The Bertz CT molecular complexity index is 393. The fourth-order valence-corrected chi connectivity index (χ4v) is 3.41. The highest BCUT2D eigenvalue weighted by Gasteiger charge is 2.13. The molecule has 0 amide bonds. The average Bonchev–Trinajstić information content (AvgIpc) is 2.73. The van der Waals surface area contributed by atoms with Crippen LogP contribution < -0.4 is 0 Å². The molecule has 0 aliphatic heterocycles. The summed E-state index contributed by atoms with van der Waals surface area (Å²) in [6.07, 6.45) is -0.476. The molecule has 1 unspecified atom stereocenters. The predicted molar refractivity (Wildman–Crippen MR) is 65.1 cm³/mol. The van der Waals surface area contributed by atoms with Crippen LogP contribution in [0.25, 0.3) is 0 Å². The molecule has 2 aromatic rings. The highest BCUT2D eigenvalue weighted by Crippen LogP contribution is 2.32. The van der Waals surface area contributed by atoms with Crippen LogP contribution in [0.15, 0.2) is 27.4 Å². The average molecular weight is 289 g/mol. The van der Waals surface area contributed by atoms with E-state index in [2.05, 4.69) is 15.9 Å². The quantitative estimate of drug-likeness (QED) is 0.887. The van der Waals surface area contributed by atoms with E-state index >= 15 is 0 Å². The number of aliphatic hydroxyl groups is 1. The lowest BCUT2D eigenvalue weighted by Gasteiger charge is -2.04. The number of aryl methyl sites for hydroxylation is 1.